The molecule has 1 aromatic rings. The summed E-state index contributed by atoms with van der Waals surface area (Å²) < 4.78 is 30.5. The van der Waals surface area contributed by atoms with E-state index >= 15 is 0 Å². The Bertz CT molecular complexity index is 478. The van der Waals surface area contributed by atoms with Crippen molar-refractivity contribution in [3.05, 3.63) is 17.9 Å². The Morgan fingerprint density at radius 2 is 2.10 bits per heavy atom. The van der Waals surface area contributed by atoms with E-state index in [4.69, 9.17) is 9.52 Å². The van der Waals surface area contributed by atoms with Crippen molar-refractivity contribution in [2.24, 2.45) is 5.92 Å². The topological polar surface area (TPSA) is 91.6 Å². The number of nitrogens with one attached hydrogen (secondary N) is 2. The normalized spacial score (nSPS) is 13.6. The van der Waals surface area contributed by atoms with Gasteiger partial charge in [-0.1, -0.05) is 13.3 Å². The summed E-state index contributed by atoms with van der Waals surface area (Å²) in [5.41, 5.74) is 0. The van der Waals surface area contributed by atoms with E-state index in [-0.39, 0.29) is 11.7 Å². The zero-order valence-electron chi connectivity index (χ0n) is 12.1. The first-order chi connectivity index (χ1) is 9.53. The Kier molecular flexibility index (Phi) is 7.22. The summed E-state index contributed by atoms with van der Waals surface area (Å²) in [7, 11) is -2.17. The molecule has 1 unspecified atom stereocenters. The standard InChI is InChI=1S/C13H24N2O4S/c1-3-4-11(7-8-16)9-15-10-12-5-6-13(19-12)20(17,18)14-2/h5-6,11,14-16H,3-4,7-10H2,1-2H3. The lowest BCUT2D eigenvalue weighted by atomic mass is 10.0. The molecule has 0 aliphatic heterocycles. The number of hydrogen-bond donors (Lipinski definition) is 3. The van der Waals surface area contributed by atoms with Crippen LogP contribution in [0.4, 0.5) is 0 Å². The van der Waals surface area contributed by atoms with Gasteiger partial charge in [-0.05, 0) is 44.5 Å². The molecule has 0 saturated heterocycles. The second-order valence-electron chi connectivity index (χ2n) is 4.73. The molecule has 7 heteroatoms. The summed E-state index contributed by atoms with van der Waals surface area (Å²) in [5, 5.41) is 12.1. The minimum atomic E-state index is -3.51. The zero-order chi connectivity index (χ0) is 15.0. The molecule has 20 heavy (non-hydrogen) atoms. The third kappa shape index (κ3) is 5.24. The van der Waals surface area contributed by atoms with Crippen molar-refractivity contribution in [3.8, 4) is 0 Å². The van der Waals surface area contributed by atoms with Gasteiger partial charge in [0.25, 0.3) is 10.0 Å². The van der Waals surface area contributed by atoms with Crippen LogP contribution in [0.2, 0.25) is 0 Å². The van der Waals surface area contributed by atoms with Gasteiger partial charge >= 0.3 is 0 Å². The average molecular weight is 304 g/mol. The molecule has 0 radical (unpaired) electrons. The average Bonchev–Trinajstić information content (AvgIpc) is 2.89. The van der Waals surface area contributed by atoms with Gasteiger partial charge in [-0.25, -0.2) is 13.1 Å². The Hall–Kier alpha value is -0.890. The molecule has 3 N–H and O–H groups in total. The number of aliphatic hydroxyl groups is 1. The van der Waals surface area contributed by atoms with Gasteiger partial charge in [-0.3, -0.25) is 0 Å². The lowest BCUT2D eigenvalue weighted by Gasteiger charge is -2.14. The highest BCUT2D eigenvalue weighted by atomic mass is 32.2. The third-order valence-electron chi connectivity index (χ3n) is 3.14. The molecule has 0 bridgehead atoms. The van der Waals surface area contributed by atoms with Crippen molar-refractivity contribution in [3.63, 3.8) is 0 Å². The fourth-order valence-electron chi connectivity index (χ4n) is 2.04. The van der Waals surface area contributed by atoms with Gasteiger partial charge in [-0.15, -0.1) is 0 Å². The first-order valence-electron chi connectivity index (χ1n) is 6.87. The van der Waals surface area contributed by atoms with E-state index in [1.54, 1.807) is 6.07 Å². The Balaban J connectivity index is 2.46. The first kappa shape index (κ1) is 17.2. The minimum Gasteiger partial charge on any atom is -0.447 e. The van der Waals surface area contributed by atoms with Gasteiger partial charge in [0.1, 0.15) is 5.76 Å². The predicted octanol–water partition coefficient (Wildman–Crippen LogP) is 1.08. The summed E-state index contributed by atoms with van der Waals surface area (Å²) >= 11 is 0. The molecule has 0 aliphatic carbocycles. The van der Waals surface area contributed by atoms with Crippen molar-refractivity contribution >= 4 is 10.0 Å². The SMILES string of the molecule is CCCC(CCO)CNCc1ccc(S(=O)(=O)NC)o1. The lowest BCUT2D eigenvalue weighted by Crippen LogP contribution is -2.23. The zero-order valence-corrected chi connectivity index (χ0v) is 12.9. The van der Waals surface area contributed by atoms with Crippen LogP contribution in [-0.4, -0.2) is 33.7 Å². The molecular weight excluding hydrogens is 280 g/mol. The Morgan fingerprint density at radius 3 is 2.70 bits per heavy atom. The van der Waals surface area contributed by atoms with E-state index in [9.17, 15) is 8.42 Å². The van der Waals surface area contributed by atoms with Gasteiger partial charge in [0.15, 0.2) is 0 Å². The molecule has 116 valence electrons. The second-order valence-corrected chi connectivity index (χ2v) is 6.54. The summed E-state index contributed by atoms with van der Waals surface area (Å²) in [5.74, 6) is 1.01. The molecule has 6 nitrogen and oxygen atoms in total. The van der Waals surface area contributed by atoms with Gasteiger partial charge in [0.05, 0.1) is 6.54 Å². The van der Waals surface area contributed by atoms with Crippen LogP contribution in [0.5, 0.6) is 0 Å². The largest absolute Gasteiger partial charge is 0.447 e. The highest BCUT2D eigenvalue weighted by Gasteiger charge is 2.16. The summed E-state index contributed by atoms with van der Waals surface area (Å²) in [4.78, 5) is 0. The van der Waals surface area contributed by atoms with Crippen LogP contribution < -0.4 is 10.0 Å². The van der Waals surface area contributed by atoms with Gasteiger partial charge in [0.2, 0.25) is 5.09 Å². The fourth-order valence-corrected chi connectivity index (χ4v) is 2.70. The quantitative estimate of drug-likeness (QED) is 0.601. The summed E-state index contributed by atoms with van der Waals surface area (Å²) in [6, 6.07) is 3.10. The fraction of sp³-hybridized carbons (Fsp3) is 0.692. The molecule has 0 aromatic carbocycles. The molecule has 1 rings (SSSR count). The smallest absolute Gasteiger partial charge is 0.273 e. The van der Waals surface area contributed by atoms with Crippen LogP contribution in [0.15, 0.2) is 21.6 Å². The first-order valence-corrected chi connectivity index (χ1v) is 8.35. The minimum absolute atomic E-state index is 0.0720. The highest BCUT2D eigenvalue weighted by Crippen LogP contribution is 2.14. The van der Waals surface area contributed by atoms with Gasteiger partial charge in [-0.2, -0.15) is 0 Å². The predicted molar refractivity (Wildman–Crippen MR) is 76.8 cm³/mol. The lowest BCUT2D eigenvalue weighted by molar-refractivity contribution is 0.247. The van der Waals surface area contributed by atoms with E-state index in [0.717, 1.165) is 25.8 Å². The molecule has 0 amide bonds. The van der Waals surface area contributed by atoms with Crippen molar-refractivity contribution in [2.75, 3.05) is 20.2 Å². The third-order valence-corrected chi connectivity index (χ3v) is 4.42. The van der Waals surface area contributed by atoms with Crippen molar-refractivity contribution < 1.29 is 17.9 Å². The second kappa shape index (κ2) is 8.41. The van der Waals surface area contributed by atoms with Crippen LogP contribution in [0.1, 0.15) is 31.9 Å². The molecule has 1 aromatic heterocycles. The van der Waals surface area contributed by atoms with Gasteiger partial charge < -0.3 is 14.8 Å². The van der Waals surface area contributed by atoms with Crippen molar-refractivity contribution in [1.82, 2.24) is 10.0 Å². The Labute approximate surface area is 120 Å². The number of aliphatic hydroxyl groups excluding tert-OH is 1. The molecule has 1 atom stereocenters. The maximum atomic E-state index is 11.5. The number of sulfonamides is 1. The van der Waals surface area contributed by atoms with E-state index in [2.05, 4.69) is 17.0 Å². The van der Waals surface area contributed by atoms with Crippen molar-refractivity contribution in [2.45, 2.75) is 37.8 Å². The highest BCUT2D eigenvalue weighted by molar-refractivity contribution is 7.89. The summed E-state index contributed by atoms with van der Waals surface area (Å²) in [6.45, 7) is 3.57. The molecule has 0 saturated carbocycles. The van der Waals surface area contributed by atoms with E-state index in [1.165, 1.54) is 13.1 Å². The van der Waals surface area contributed by atoms with Crippen LogP contribution in [0.25, 0.3) is 0 Å². The van der Waals surface area contributed by atoms with Crippen LogP contribution in [-0.2, 0) is 16.6 Å². The van der Waals surface area contributed by atoms with E-state index in [1.807, 2.05) is 0 Å². The summed E-state index contributed by atoms with van der Waals surface area (Å²) in [6.07, 6.45) is 2.92. The number of rotatable bonds is 10. The molecule has 0 fully saturated rings. The molecule has 1 heterocycles. The number of furan rings is 1. The number of hydrogen-bond acceptors (Lipinski definition) is 5. The van der Waals surface area contributed by atoms with Gasteiger partial charge in [0, 0.05) is 6.61 Å². The van der Waals surface area contributed by atoms with Crippen LogP contribution in [0, 0.1) is 5.92 Å². The Morgan fingerprint density at radius 1 is 1.35 bits per heavy atom. The molecule has 0 aliphatic rings. The maximum Gasteiger partial charge on any atom is 0.273 e. The van der Waals surface area contributed by atoms with Crippen LogP contribution in [0.3, 0.4) is 0 Å². The van der Waals surface area contributed by atoms with Crippen molar-refractivity contribution in [1.29, 1.82) is 0 Å². The van der Waals surface area contributed by atoms with E-state index < -0.39 is 10.0 Å². The van der Waals surface area contributed by atoms with E-state index in [0.29, 0.717) is 18.2 Å². The molecule has 0 spiro atoms. The molecular formula is C13H24N2O4S. The maximum absolute atomic E-state index is 11.5. The van der Waals surface area contributed by atoms with Crippen LogP contribution >= 0.6 is 0 Å². The monoisotopic (exact) mass is 304 g/mol.